The summed E-state index contributed by atoms with van der Waals surface area (Å²) in [6.45, 7) is 2.86. The van der Waals surface area contributed by atoms with E-state index in [2.05, 4.69) is 17.0 Å². The van der Waals surface area contributed by atoms with E-state index in [1.54, 1.807) is 4.90 Å². The van der Waals surface area contributed by atoms with Crippen LogP contribution in [0.5, 0.6) is 0 Å². The van der Waals surface area contributed by atoms with E-state index < -0.39 is 5.82 Å². The third-order valence-corrected chi connectivity index (χ3v) is 3.93. The van der Waals surface area contributed by atoms with Crippen molar-refractivity contribution >= 4 is 17.3 Å². The lowest BCUT2D eigenvalue weighted by Crippen LogP contribution is -2.48. The fourth-order valence-corrected chi connectivity index (χ4v) is 2.67. The van der Waals surface area contributed by atoms with Crippen LogP contribution in [0.2, 0.25) is 0 Å². The number of nitrogens with zero attached hydrogens (tertiary/aromatic N) is 2. The lowest BCUT2D eigenvalue weighted by molar-refractivity contribution is 0.0747. The molecular formula is C17H18FN3O. The zero-order valence-electron chi connectivity index (χ0n) is 12.2. The molecule has 1 aliphatic heterocycles. The van der Waals surface area contributed by atoms with Gasteiger partial charge in [-0.05, 0) is 30.3 Å². The molecule has 1 aliphatic rings. The van der Waals surface area contributed by atoms with Gasteiger partial charge in [0.15, 0.2) is 0 Å². The summed E-state index contributed by atoms with van der Waals surface area (Å²) in [6.07, 6.45) is 0. The molecule has 2 N–H and O–H groups in total. The van der Waals surface area contributed by atoms with Crippen LogP contribution in [0.4, 0.5) is 15.8 Å². The van der Waals surface area contributed by atoms with Crippen molar-refractivity contribution in [2.24, 2.45) is 0 Å². The molecular weight excluding hydrogens is 281 g/mol. The summed E-state index contributed by atoms with van der Waals surface area (Å²) >= 11 is 0. The minimum Gasteiger partial charge on any atom is -0.396 e. The average molecular weight is 299 g/mol. The molecule has 1 saturated heterocycles. The van der Waals surface area contributed by atoms with Gasteiger partial charge in [-0.3, -0.25) is 4.79 Å². The van der Waals surface area contributed by atoms with E-state index in [4.69, 9.17) is 5.73 Å². The number of rotatable bonds is 2. The highest BCUT2D eigenvalue weighted by atomic mass is 19.1. The highest BCUT2D eigenvalue weighted by Crippen LogP contribution is 2.18. The minimum absolute atomic E-state index is 0.00812. The van der Waals surface area contributed by atoms with Crippen LogP contribution < -0.4 is 10.6 Å². The van der Waals surface area contributed by atoms with Crippen molar-refractivity contribution in [3.8, 4) is 0 Å². The van der Waals surface area contributed by atoms with Gasteiger partial charge in [-0.15, -0.1) is 0 Å². The molecule has 0 unspecified atom stereocenters. The maximum Gasteiger partial charge on any atom is 0.254 e. The zero-order chi connectivity index (χ0) is 15.5. The Bertz CT molecular complexity index is 667. The number of nitrogen functional groups attached to an aromatic ring is 1. The van der Waals surface area contributed by atoms with Crippen LogP contribution in [0.15, 0.2) is 48.5 Å². The highest BCUT2D eigenvalue weighted by molar-refractivity contribution is 5.95. The number of carbonyl (C=O) groups excluding carboxylic acids is 1. The zero-order valence-corrected chi connectivity index (χ0v) is 12.2. The molecule has 1 fully saturated rings. The quantitative estimate of drug-likeness (QED) is 0.866. The molecule has 3 rings (SSSR count). The van der Waals surface area contributed by atoms with Crippen LogP contribution in [-0.2, 0) is 0 Å². The Labute approximate surface area is 128 Å². The van der Waals surface area contributed by atoms with Crippen LogP contribution in [0, 0.1) is 5.82 Å². The molecule has 0 aliphatic carbocycles. The number of anilines is 2. The Morgan fingerprint density at radius 3 is 2.32 bits per heavy atom. The summed E-state index contributed by atoms with van der Waals surface area (Å²) in [7, 11) is 0. The highest BCUT2D eigenvalue weighted by Gasteiger charge is 2.22. The maximum absolute atomic E-state index is 13.2. The van der Waals surface area contributed by atoms with E-state index in [0.717, 1.165) is 13.1 Å². The van der Waals surface area contributed by atoms with E-state index in [-0.39, 0.29) is 11.6 Å². The van der Waals surface area contributed by atoms with E-state index in [0.29, 0.717) is 18.7 Å². The first kappa shape index (κ1) is 14.4. The van der Waals surface area contributed by atoms with Crippen molar-refractivity contribution in [3.05, 3.63) is 59.9 Å². The second-order valence-electron chi connectivity index (χ2n) is 5.35. The first-order valence-corrected chi connectivity index (χ1v) is 7.29. The van der Waals surface area contributed by atoms with Gasteiger partial charge in [0.05, 0.1) is 5.69 Å². The fourth-order valence-electron chi connectivity index (χ4n) is 2.67. The second-order valence-corrected chi connectivity index (χ2v) is 5.35. The molecule has 0 radical (unpaired) electrons. The number of hydrogen-bond acceptors (Lipinski definition) is 3. The standard InChI is InChI=1S/C17H18FN3O/c18-15-7-6-13(12-16(15)19)17(22)21-10-8-20(9-11-21)14-4-2-1-3-5-14/h1-7,12H,8-11,19H2. The van der Waals surface area contributed by atoms with Gasteiger partial charge in [0.25, 0.3) is 5.91 Å². The van der Waals surface area contributed by atoms with Crippen molar-refractivity contribution in [1.29, 1.82) is 0 Å². The number of para-hydroxylation sites is 1. The monoisotopic (exact) mass is 299 g/mol. The fraction of sp³-hybridized carbons (Fsp3) is 0.235. The van der Waals surface area contributed by atoms with Gasteiger partial charge in [-0.25, -0.2) is 4.39 Å². The third kappa shape index (κ3) is 2.88. The van der Waals surface area contributed by atoms with E-state index in [9.17, 15) is 9.18 Å². The molecule has 22 heavy (non-hydrogen) atoms. The molecule has 0 aromatic heterocycles. The van der Waals surface area contributed by atoms with E-state index in [1.165, 1.54) is 23.9 Å². The number of piperazine rings is 1. The van der Waals surface area contributed by atoms with Crippen molar-refractivity contribution in [3.63, 3.8) is 0 Å². The van der Waals surface area contributed by atoms with Gasteiger partial charge in [-0.2, -0.15) is 0 Å². The molecule has 0 saturated carbocycles. The second kappa shape index (κ2) is 6.05. The number of hydrogen-bond donors (Lipinski definition) is 1. The molecule has 0 atom stereocenters. The predicted molar refractivity (Wildman–Crippen MR) is 85.4 cm³/mol. The number of benzene rings is 2. The van der Waals surface area contributed by atoms with Gasteiger partial charge < -0.3 is 15.5 Å². The Morgan fingerprint density at radius 2 is 1.68 bits per heavy atom. The van der Waals surface area contributed by atoms with Crippen LogP contribution in [0.1, 0.15) is 10.4 Å². The summed E-state index contributed by atoms with van der Waals surface area (Å²) < 4.78 is 13.2. The summed E-state index contributed by atoms with van der Waals surface area (Å²) in [5.74, 6) is -0.593. The minimum atomic E-state index is -0.495. The van der Waals surface area contributed by atoms with E-state index in [1.807, 2.05) is 18.2 Å². The molecule has 2 aromatic carbocycles. The summed E-state index contributed by atoms with van der Waals surface area (Å²) in [5.41, 5.74) is 7.14. The van der Waals surface area contributed by atoms with Gasteiger partial charge in [-0.1, -0.05) is 18.2 Å². The Kier molecular flexibility index (Phi) is 3.96. The van der Waals surface area contributed by atoms with Gasteiger partial charge >= 0.3 is 0 Å². The molecule has 1 amide bonds. The number of nitrogens with two attached hydrogens (primary N) is 1. The van der Waals surface area contributed by atoms with Crippen molar-refractivity contribution in [1.82, 2.24) is 4.90 Å². The lowest BCUT2D eigenvalue weighted by atomic mass is 10.1. The van der Waals surface area contributed by atoms with Crippen LogP contribution >= 0.6 is 0 Å². The normalized spacial score (nSPS) is 15.0. The SMILES string of the molecule is Nc1cc(C(=O)N2CCN(c3ccccc3)CC2)ccc1F. The predicted octanol–water partition coefficient (Wildman–Crippen LogP) is 2.37. The lowest BCUT2D eigenvalue weighted by Gasteiger charge is -2.36. The Morgan fingerprint density at radius 1 is 1.00 bits per heavy atom. The first-order valence-electron chi connectivity index (χ1n) is 7.29. The smallest absolute Gasteiger partial charge is 0.254 e. The molecule has 2 aromatic rings. The number of carbonyl (C=O) groups is 1. The van der Waals surface area contributed by atoms with Crippen molar-refractivity contribution < 1.29 is 9.18 Å². The van der Waals surface area contributed by atoms with Crippen LogP contribution in [-0.4, -0.2) is 37.0 Å². The summed E-state index contributed by atoms with van der Waals surface area (Å²) in [4.78, 5) is 16.5. The Hall–Kier alpha value is -2.56. The number of halogens is 1. The maximum atomic E-state index is 13.2. The Balaban J connectivity index is 1.66. The van der Waals surface area contributed by atoms with Crippen LogP contribution in [0.3, 0.4) is 0 Å². The molecule has 0 spiro atoms. The van der Waals surface area contributed by atoms with Crippen LogP contribution in [0.25, 0.3) is 0 Å². The largest absolute Gasteiger partial charge is 0.396 e. The molecule has 0 bridgehead atoms. The molecule has 114 valence electrons. The number of amides is 1. The van der Waals surface area contributed by atoms with Crippen molar-refractivity contribution in [2.45, 2.75) is 0 Å². The van der Waals surface area contributed by atoms with Gasteiger partial charge in [0, 0.05) is 37.4 Å². The molecule has 5 heteroatoms. The topological polar surface area (TPSA) is 49.6 Å². The molecule has 1 heterocycles. The van der Waals surface area contributed by atoms with Gasteiger partial charge in [0.2, 0.25) is 0 Å². The summed E-state index contributed by atoms with van der Waals surface area (Å²) in [6, 6.07) is 14.3. The first-order chi connectivity index (χ1) is 10.6. The average Bonchev–Trinajstić information content (AvgIpc) is 2.58. The van der Waals surface area contributed by atoms with Gasteiger partial charge in [0.1, 0.15) is 5.82 Å². The van der Waals surface area contributed by atoms with E-state index >= 15 is 0 Å². The molecule has 4 nitrogen and oxygen atoms in total. The van der Waals surface area contributed by atoms with Crippen molar-refractivity contribution in [2.75, 3.05) is 36.8 Å². The third-order valence-electron chi connectivity index (χ3n) is 3.93. The summed E-state index contributed by atoms with van der Waals surface area (Å²) in [5, 5.41) is 0.